The molecule has 4 heteroatoms. The molecule has 2 aliphatic carbocycles. The lowest BCUT2D eigenvalue weighted by atomic mass is 9.74. The minimum Gasteiger partial charge on any atom is -0.314 e. The molecule has 4 atom stereocenters. The van der Waals surface area contributed by atoms with E-state index in [0.29, 0.717) is 17.9 Å². The summed E-state index contributed by atoms with van der Waals surface area (Å²) < 4.78 is 23.8. The number of sulfone groups is 1. The van der Waals surface area contributed by atoms with Crippen LogP contribution >= 0.6 is 0 Å². The Morgan fingerprint density at radius 1 is 1.00 bits per heavy atom. The topological polar surface area (TPSA) is 46.2 Å². The minimum atomic E-state index is -2.86. The van der Waals surface area contributed by atoms with E-state index in [1.807, 2.05) is 0 Å². The molecule has 0 heterocycles. The summed E-state index contributed by atoms with van der Waals surface area (Å²) in [6, 6.07) is 0.621. The van der Waals surface area contributed by atoms with E-state index in [1.54, 1.807) is 0 Å². The van der Waals surface area contributed by atoms with Gasteiger partial charge in [-0.3, -0.25) is 0 Å². The average molecular weight is 316 g/mol. The maximum atomic E-state index is 11.9. The molecule has 0 aliphatic heterocycles. The average Bonchev–Trinajstić information content (AvgIpc) is 2.69. The second kappa shape index (κ2) is 7.96. The van der Waals surface area contributed by atoms with Gasteiger partial charge in [-0.2, -0.15) is 0 Å². The Bertz CT molecular complexity index is 407. The monoisotopic (exact) mass is 315 g/mol. The molecule has 21 heavy (non-hydrogen) atoms. The van der Waals surface area contributed by atoms with Gasteiger partial charge in [0.25, 0.3) is 0 Å². The van der Waals surface area contributed by atoms with E-state index in [-0.39, 0.29) is 5.25 Å². The van der Waals surface area contributed by atoms with Gasteiger partial charge in [-0.05, 0) is 50.5 Å². The van der Waals surface area contributed by atoms with Crippen molar-refractivity contribution in [3.8, 4) is 0 Å². The zero-order chi connectivity index (χ0) is 15.3. The van der Waals surface area contributed by atoms with Crippen LogP contribution in [0, 0.1) is 11.8 Å². The van der Waals surface area contributed by atoms with E-state index in [9.17, 15) is 8.42 Å². The second-order valence-corrected chi connectivity index (χ2v) is 9.57. The highest BCUT2D eigenvalue weighted by molar-refractivity contribution is 7.91. The molecule has 0 aromatic heterocycles. The first kappa shape index (κ1) is 17.3. The molecule has 0 radical (unpaired) electrons. The summed E-state index contributed by atoms with van der Waals surface area (Å²) in [5.41, 5.74) is 0. The third-order valence-corrected chi connectivity index (χ3v) is 7.24. The Kier molecular flexibility index (Phi) is 6.54. The fourth-order valence-corrected chi connectivity index (χ4v) is 5.63. The van der Waals surface area contributed by atoms with Crippen molar-refractivity contribution in [1.82, 2.24) is 5.32 Å². The Balaban J connectivity index is 2.04. The van der Waals surface area contributed by atoms with Gasteiger partial charge >= 0.3 is 0 Å². The standard InChI is InChI=1S/C17H33NO2S/c1-3-12-18-17-11-6-4-5-10-16(17)14-8-7-9-15(13-14)21(2,19)20/h14-18H,3-13H2,1-2H3. The lowest BCUT2D eigenvalue weighted by molar-refractivity contribution is 0.186. The first-order valence-electron chi connectivity index (χ1n) is 8.94. The van der Waals surface area contributed by atoms with Crippen LogP contribution in [-0.4, -0.2) is 32.5 Å². The molecule has 124 valence electrons. The first-order chi connectivity index (χ1) is 10.0. The van der Waals surface area contributed by atoms with E-state index >= 15 is 0 Å². The summed E-state index contributed by atoms with van der Waals surface area (Å²) in [6.45, 7) is 3.32. The Morgan fingerprint density at radius 3 is 2.48 bits per heavy atom. The molecule has 2 saturated carbocycles. The lowest BCUT2D eigenvalue weighted by Crippen LogP contribution is -2.42. The molecule has 2 rings (SSSR count). The van der Waals surface area contributed by atoms with Crippen molar-refractivity contribution >= 4 is 9.84 Å². The fourth-order valence-electron chi connectivity index (χ4n) is 4.44. The molecule has 0 aromatic rings. The highest BCUT2D eigenvalue weighted by Crippen LogP contribution is 2.39. The van der Waals surface area contributed by atoms with Gasteiger partial charge in [-0.25, -0.2) is 8.42 Å². The minimum absolute atomic E-state index is 0.0775. The molecular formula is C17H33NO2S. The molecule has 0 spiro atoms. The zero-order valence-corrected chi connectivity index (χ0v) is 14.6. The maximum absolute atomic E-state index is 11.9. The van der Waals surface area contributed by atoms with Crippen LogP contribution in [0.4, 0.5) is 0 Å². The Labute approximate surface area is 131 Å². The van der Waals surface area contributed by atoms with E-state index in [0.717, 1.165) is 25.8 Å². The quantitative estimate of drug-likeness (QED) is 0.789. The van der Waals surface area contributed by atoms with Crippen molar-refractivity contribution in [3.63, 3.8) is 0 Å². The molecular weight excluding hydrogens is 282 g/mol. The van der Waals surface area contributed by atoms with Crippen molar-refractivity contribution < 1.29 is 8.42 Å². The van der Waals surface area contributed by atoms with Crippen LogP contribution in [0.1, 0.15) is 71.1 Å². The van der Waals surface area contributed by atoms with Gasteiger partial charge in [0.05, 0.1) is 5.25 Å². The van der Waals surface area contributed by atoms with Gasteiger partial charge in [0.1, 0.15) is 9.84 Å². The molecule has 0 saturated heterocycles. The highest BCUT2D eigenvalue weighted by atomic mass is 32.2. The van der Waals surface area contributed by atoms with Crippen LogP contribution in [0.15, 0.2) is 0 Å². The molecule has 0 aromatic carbocycles. The molecule has 4 unspecified atom stereocenters. The van der Waals surface area contributed by atoms with Gasteiger partial charge in [-0.1, -0.05) is 39.0 Å². The van der Waals surface area contributed by atoms with E-state index in [2.05, 4.69) is 12.2 Å². The van der Waals surface area contributed by atoms with E-state index in [4.69, 9.17) is 0 Å². The second-order valence-electron chi connectivity index (χ2n) is 7.24. The first-order valence-corrected chi connectivity index (χ1v) is 10.9. The van der Waals surface area contributed by atoms with Gasteiger partial charge in [-0.15, -0.1) is 0 Å². The number of rotatable bonds is 5. The van der Waals surface area contributed by atoms with Crippen LogP contribution in [0.25, 0.3) is 0 Å². The predicted molar refractivity (Wildman–Crippen MR) is 89.2 cm³/mol. The van der Waals surface area contributed by atoms with Gasteiger partial charge < -0.3 is 5.32 Å². The zero-order valence-electron chi connectivity index (χ0n) is 13.8. The predicted octanol–water partition coefficient (Wildman–Crippen LogP) is 3.54. The van der Waals surface area contributed by atoms with E-state index in [1.165, 1.54) is 51.2 Å². The molecule has 2 fully saturated rings. The Morgan fingerprint density at radius 2 is 1.76 bits per heavy atom. The molecule has 0 bridgehead atoms. The van der Waals surface area contributed by atoms with Crippen LogP contribution in [-0.2, 0) is 9.84 Å². The van der Waals surface area contributed by atoms with E-state index < -0.39 is 9.84 Å². The summed E-state index contributed by atoms with van der Waals surface area (Å²) in [5.74, 6) is 1.31. The van der Waals surface area contributed by atoms with Gasteiger partial charge in [0.15, 0.2) is 0 Å². The third kappa shape index (κ3) is 4.95. The summed E-state index contributed by atoms with van der Waals surface area (Å²) in [7, 11) is -2.86. The highest BCUT2D eigenvalue weighted by Gasteiger charge is 2.36. The molecule has 1 N–H and O–H groups in total. The number of hydrogen-bond acceptors (Lipinski definition) is 3. The fraction of sp³-hybridized carbons (Fsp3) is 1.00. The van der Waals surface area contributed by atoms with Crippen LogP contribution in [0.2, 0.25) is 0 Å². The summed E-state index contributed by atoms with van der Waals surface area (Å²) in [6.07, 6.45) is 13.3. The number of hydrogen-bond donors (Lipinski definition) is 1. The van der Waals surface area contributed by atoms with Crippen molar-refractivity contribution in [3.05, 3.63) is 0 Å². The summed E-state index contributed by atoms with van der Waals surface area (Å²) >= 11 is 0. The van der Waals surface area contributed by atoms with Crippen LogP contribution in [0.5, 0.6) is 0 Å². The normalized spacial score (nSPS) is 35.3. The summed E-state index contributed by atoms with van der Waals surface area (Å²) in [5, 5.41) is 3.69. The largest absolute Gasteiger partial charge is 0.314 e. The SMILES string of the molecule is CCCNC1CCCCCC1C1CCCC(S(C)(=O)=O)C1. The molecule has 0 amide bonds. The van der Waals surface area contributed by atoms with Gasteiger partial charge in [0.2, 0.25) is 0 Å². The maximum Gasteiger partial charge on any atom is 0.150 e. The molecule has 3 nitrogen and oxygen atoms in total. The van der Waals surface area contributed by atoms with Crippen LogP contribution in [0.3, 0.4) is 0 Å². The molecule has 2 aliphatic rings. The van der Waals surface area contributed by atoms with Crippen molar-refractivity contribution in [2.45, 2.75) is 82.4 Å². The summed E-state index contributed by atoms with van der Waals surface area (Å²) in [4.78, 5) is 0. The third-order valence-electron chi connectivity index (χ3n) is 5.60. The van der Waals surface area contributed by atoms with Crippen molar-refractivity contribution in [1.29, 1.82) is 0 Å². The number of nitrogens with one attached hydrogen (secondary N) is 1. The van der Waals surface area contributed by atoms with Crippen molar-refractivity contribution in [2.24, 2.45) is 11.8 Å². The smallest absolute Gasteiger partial charge is 0.150 e. The van der Waals surface area contributed by atoms with Crippen LogP contribution < -0.4 is 5.32 Å². The lowest BCUT2D eigenvalue weighted by Gasteiger charge is -2.38. The van der Waals surface area contributed by atoms with Gasteiger partial charge in [0, 0.05) is 12.3 Å². The van der Waals surface area contributed by atoms with Crippen molar-refractivity contribution in [2.75, 3.05) is 12.8 Å². The Hall–Kier alpha value is -0.0900.